The molecule has 0 spiro atoms. The highest BCUT2D eigenvalue weighted by atomic mass is 32.2. The van der Waals surface area contributed by atoms with E-state index in [0.29, 0.717) is 13.0 Å². The first kappa shape index (κ1) is 15.9. The van der Waals surface area contributed by atoms with E-state index in [1.807, 2.05) is 38.3 Å². The lowest BCUT2D eigenvalue weighted by atomic mass is 10.1. The van der Waals surface area contributed by atoms with E-state index in [9.17, 15) is 4.79 Å². The third-order valence-electron chi connectivity index (χ3n) is 2.74. The summed E-state index contributed by atoms with van der Waals surface area (Å²) in [5, 5.41) is 2.86. The molecular weight excluding hydrogens is 260 g/mol. The number of rotatable bonds is 7. The van der Waals surface area contributed by atoms with Gasteiger partial charge in [-0.15, -0.1) is 0 Å². The summed E-state index contributed by atoms with van der Waals surface area (Å²) in [7, 11) is 0. The van der Waals surface area contributed by atoms with Crippen LogP contribution in [0.2, 0.25) is 0 Å². The van der Waals surface area contributed by atoms with Gasteiger partial charge >= 0.3 is 0 Å². The zero-order chi connectivity index (χ0) is 14.3. The summed E-state index contributed by atoms with van der Waals surface area (Å²) in [4.78, 5) is 11.9. The highest BCUT2D eigenvalue weighted by Gasteiger charge is 2.14. The molecule has 3 N–H and O–H groups in total. The first-order valence-corrected chi connectivity index (χ1v) is 7.76. The molecule has 0 saturated carbocycles. The SMILES string of the molecule is CCOc1ccc(NC(=O)[C@@H](N)CCSC)c(C)c1. The molecule has 1 rings (SSSR count). The fourth-order valence-electron chi connectivity index (χ4n) is 1.63. The molecule has 0 fully saturated rings. The van der Waals surface area contributed by atoms with Crippen molar-refractivity contribution < 1.29 is 9.53 Å². The van der Waals surface area contributed by atoms with Crippen LogP contribution in [0.4, 0.5) is 5.69 Å². The van der Waals surface area contributed by atoms with Crippen molar-refractivity contribution in [1.29, 1.82) is 0 Å². The molecule has 0 radical (unpaired) electrons. The van der Waals surface area contributed by atoms with Gasteiger partial charge in [-0.3, -0.25) is 4.79 Å². The van der Waals surface area contributed by atoms with E-state index < -0.39 is 6.04 Å². The largest absolute Gasteiger partial charge is 0.494 e. The number of hydrogen-bond donors (Lipinski definition) is 2. The number of hydrogen-bond acceptors (Lipinski definition) is 4. The quantitative estimate of drug-likeness (QED) is 0.806. The Bertz CT molecular complexity index is 424. The van der Waals surface area contributed by atoms with Gasteiger partial charge in [-0.2, -0.15) is 11.8 Å². The van der Waals surface area contributed by atoms with Crippen molar-refractivity contribution in [3.8, 4) is 5.75 Å². The maximum atomic E-state index is 11.9. The number of thioether (sulfide) groups is 1. The van der Waals surface area contributed by atoms with E-state index in [-0.39, 0.29) is 5.91 Å². The summed E-state index contributed by atoms with van der Waals surface area (Å²) in [5.41, 5.74) is 7.58. The molecule has 5 heteroatoms. The van der Waals surface area contributed by atoms with E-state index in [1.54, 1.807) is 11.8 Å². The Labute approximate surface area is 119 Å². The van der Waals surface area contributed by atoms with Crippen LogP contribution in [-0.2, 0) is 4.79 Å². The lowest BCUT2D eigenvalue weighted by Crippen LogP contribution is -2.36. The van der Waals surface area contributed by atoms with E-state index >= 15 is 0 Å². The number of ether oxygens (including phenoxy) is 1. The van der Waals surface area contributed by atoms with Crippen LogP contribution < -0.4 is 15.8 Å². The fourth-order valence-corrected chi connectivity index (χ4v) is 2.12. The van der Waals surface area contributed by atoms with Crippen molar-refractivity contribution in [2.45, 2.75) is 26.3 Å². The summed E-state index contributed by atoms with van der Waals surface area (Å²) < 4.78 is 5.41. The normalized spacial score (nSPS) is 12.0. The van der Waals surface area contributed by atoms with Gasteiger partial charge in [0, 0.05) is 5.69 Å². The molecule has 0 aliphatic heterocycles. The first-order chi connectivity index (χ1) is 9.08. The number of carbonyl (C=O) groups is 1. The molecule has 0 saturated heterocycles. The maximum absolute atomic E-state index is 11.9. The monoisotopic (exact) mass is 282 g/mol. The third-order valence-corrected chi connectivity index (χ3v) is 3.38. The fraction of sp³-hybridized carbons (Fsp3) is 0.500. The number of aryl methyl sites for hydroxylation is 1. The number of nitrogens with two attached hydrogens (primary N) is 1. The highest BCUT2D eigenvalue weighted by Crippen LogP contribution is 2.21. The van der Waals surface area contributed by atoms with Gasteiger partial charge in [-0.1, -0.05) is 0 Å². The molecule has 0 heterocycles. The molecular formula is C14H22N2O2S. The van der Waals surface area contributed by atoms with Crippen LogP contribution in [0.25, 0.3) is 0 Å². The van der Waals surface area contributed by atoms with Crippen molar-refractivity contribution >= 4 is 23.4 Å². The molecule has 1 aromatic rings. The average molecular weight is 282 g/mol. The molecule has 1 atom stereocenters. The predicted molar refractivity (Wildman–Crippen MR) is 82.0 cm³/mol. The van der Waals surface area contributed by atoms with Crippen LogP contribution in [0.5, 0.6) is 5.75 Å². The van der Waals surface area contributed by atoms with Gasteiger partial charge in [0.05, 0.1) is 12.6 Å². The second-order valence-corrected chi connectivity index (χ2v) is 5.27. The molecule has 0 unspecified atom stereocenters. The molecule has 1 aromatic carbocycles. The van der Waals surface area contributed by atoms with Crippen LogP contribution >= 0.6 is 11.8 Å². The van der Waals surface area contributed by atoms with Crippen LogP contribution in [0.3, 0.4) is 0 Å². The third kappa shape index (κ3) is 5.12. The lowest BCUT2D eigenvalue weighted by Gasteiger charge is -2.14. The van der Waals surface area contributed by atoms with Gasteiger partial charge < -0.3 is 15.8 Å². The average Bonchev–Trinajstić information content (AvgIpc) is 2.39. The molecule has 0 aliphatic rings. The Hall–Kier alpha value is -1.20. The molecule has 4 nitrogen and oxygen atoms in total. The van der Waals surface area contributed by atoms with Gasteiger partial charge in [0.1, 0.15) is 5.75 Å². The minimum absolute atomic E-state index is 0.138. The first-order valence-electron chi connectivity index (χ1n) is 6.37. The summed E-state index contributed by atoms with van der Waals surface area (Å²) in [6.07, 6.45) is 2.68. The highest BCUT2D eigenvalue weighted by molar-refractivity contribution is 7.98. The van der Waals surface area contributed by atoms with Crippen molar-refractivity contribution in [3.63, 3.8) is 0 Å². The summed E-state index contributed by atoms with van der Waals surface area (Å²) in [6, 6.07) is 5.14. The standard InChI is InChI=1S/C14H22N2O2S/c1-4-18-11-5-6-13(10(2)9-11)16-14(17)12(15)7-8-19-3/h5-6,9,12H,4,7-8,15H2,1-3H3,(H,16,17)/t12-/m0/s1. The van der Waals surface area contributed by atoms with E-state index in [1.165, 1.54) is 0 Å². The Morgan fingerprint density at radius 2 is 2.26 bits per heavy atom. The number of carbonyl (C=O) groups excluding carboxylic acids is 1. The Balaban J connectivity index is 2.63. The molecule has 106 valence electrons. The topological polar surface area (TPSA) is 64.3 Å². The minimum Gasteiger partial charge on any atom is -0.494 e. The maximum Gasteiger partial charge on any atom is 0.241 e. The van der Waals surface area contributed by atoms with Gasteiger partial charge in [0.25, 0.3) is 0 Å². The zero-order valence-corrected chi connectivity index (χ0v) is 12.5. The second kappa shape index (κ2) is 8.07. The lowest BCUT2D eigenvalue weighted by molar-refractivity contribution is -0.117. The molecule has 0 bridgehead atoms. The van der Waals surface area contributed by atoms with E-state index in [0.717, 1.165) is 22.8 Å². The number of amides is 1. The molecule has 19 heavy (non-hydrogen) atoms. The Morgan fingerprint density at radius 3 is 2.84 bits per heavy atom. The van der Waals surface area contributed by atoms with Crippen molar-refractivity contribution in [3.05, 3.63) is 23.8 Å². The van der Waals surface area contributed by atoms with Crippen LogP contribution in [-0.4, -0.2) is 30.6 Å². The number of anilines is 1. The smallest absolute Gasteiger partial charge is 0.241 e. The summed E-state index contributed by atoms with van der Waals surface area (Å²) >= 11 is 1.69. The summed E-state index contributed by atoms with van der Waals surface area (Å²) in [6.45, 7) is 4.51. The molecule has 0 aliphatic carbocycles. The molecule has 0 aromatic heterocycles. The Morgan fingerprint density at radius 1 is 1.53 bits per heavy atom. The van der Waals surface area contributed by atoms with Crippen LogP contribution in [0.15, 0.2) is 18.2 Å². The van der Waals surface area contributed by atoms with E-state index in [2.05, 4.69) is 5.32 Å². The van der Waals surface area contributed by atoms with Crippen molar-refractivity contribution in [2.24, 2.45) is 5.73 Å². The number of benzene rings is 1. The van der Waals surface area contributed by atoms with Crippen molar-refractivity contribution in [1.82, 2.24) is 0 Å². The van der Waals surface area contributed by atoms with Crippen LogP contribution in [0.1, 0.15) is 18.9 Å². The van der Waals surface area contributed by atoms with Crippen LogP contribution in [0, 0.1) is 6.92 Å². The number of nitrogens with one attached hydrogen (secondary N) is 1. The Kier molecular flexibility index (Phi) is 6.73. The van der Waals surface area contributed by atoms with Gasteiger partial charge in [-0.25, -0.2) is 0 Å². The minimum atomic E-state index is -0.460. The van der Waals surface area contributed by atoms with E-state index in [4.69, 9.17) is 10.5 Å². The van der Waals surface area contributed by atoms with Gasteiger partial charge in [0.2, 0.25) is 5.91 Å². The zero-order valence-electron chi connectivity index (χ0n) is 11.7. The predicted octanol–water partition coefficient (Wildman–Crippen LogP) is 2.41. The molecule has 1 amide bonds. The van der Waals surface area contributed by atoms with Gasteiger partial charge in [-0.05, 0) is 56.0 Å². The van der Waals surface area contributed by atoms with Gasteiger partial charge in [0.15, 0.2) is 0 Å². The second-order valence-electron chi connectivity index (χ2n) is 4.29. The van der Waals surface area contributed by atoms with Crippen molar-refractivity contribution in [2.75, 3.05) is 23.9 Å². The summed E-state index contributed by atoms with van der Waals surface area (Å²) in [5.74, 6) is 1.56.